The minimum absolute atomic E-state index is 0.0651. The van der Waals surface area contributed by atoms with Crippen LogP contribution in [0.2, 0.25) is 0 Å². The van der Waals surface area contributed by atoms with Crippen molar-refractivity contribution in [1.82, 2.24) is 9.55 Å². The smallest absolute Gasteiger partial charge is 0.156 e. The summed E-state index contributed by atoms with van der Waals surface area (Å²) >= 11 is 1.82. The normalized spacial score (nSPS) is 15.9. The van der Waals surface area contributed by atoms with E-state index in [1.165, 1.54) is 31.1 Å². The van der Waals surface area contributed by atoms with Crippen LogP contribution in [0.4, 0.5) is 0 Å². The fourth-order valence-corrected chi connectivity index (χ4v) is 9.78. The summed E-state index contributed by atoms with van der Waals surface area (Å²) in [7, 11) is 0. The van der Waals surface area contributed by atoms with Crippen LogP contribution in [-0.4, -0.2) is 21.1 Å². The molecule has 0 aliphatic carbocycles. The Bertz CT molecular complexity index is 3150. The zero-order valence-electron chi connectivity index (χ0n) is 30.1. The van der Waals surface area contributed by atoms with Crippen LogP contribution in [0.25, 0.3) is 69.8 Å². The van der Waals surface area contributed by atoms with Gasteiger partial charge in [0.25, 0.3) is 0 Å². The lowest BCUT2D eigenvalue weighted by Gasteiger charge is -2.28. The number of aromatic nitrogens is 2. The summed E-state index contributed by atoms with van der Waals surface area (Å²) in [5.74, 6) is 0.855. The summed E-state index contributed by atoms with van der Waals surface area (Å²) in [4.78, 5) is 16.1. The summed E-state index contributed by atoms with van der Waals surface area (Å²) in [6, 6.07) is 62.6. The van der Waals surface area contributed by atoms with Gasteiger partial charge in [0.15, 0.2) is 5.84 Å². The zero-order valence-corrected chi connectivity index (χ0v) is 30.9. The third-order valence-electron chi connectivity index (χ3n) is 11.2. The average molecular weight is 723 g/mol. The minimum Gasteiger partial charge on any atom is -0.308 e. The molecule has 1 aliphatic heterocycles. The molecule has 4 nitrogen and oxygen atoms in total. The first-order valence-electron chi connectivity index (χ1n) is 18.8. The van der Waals surface area contributed by atoms with Gasteiger partial charge in [0, 0.05) is 59.1 Å². The van der Waals surface area contributed by atoms with E-state index in [0.29, 0.717) is 0 Å². The van der Waals surface area contributed by atoms with Crippen molar-refractivity contribution in [2.45, 2.75) is 13.0 Å². The van der Waals surface area contributed by atoms with Crippen molar-refractivity contribution in [3.05, 3.63) is 193 Å². The van der Waals surface area contributed by atoms with Gasteiger partial charge in [-0.15, -0.1) is 11.3 Å². The molecule has 0 spiro atoms. The van der Waals surface area contributed by atoms with Crippen molar-refractivity contribution in [1.29, 1.82) is 0 Å². The lowest BCUT2D eigenvalue weighted by atomic mass is 9.86. The van der Waals surface area contributed by atoms with Gasteiger partial charge in [-0.05, 0) is 47.5 Å². The Balaban J connectivity index is 1.09. The van der Waals surface area contributed by atoms with Gasteiger partial charge in [0.05, 0.1) is 34.0 Å². The Morgan fingerprint density at radius 3 is 2.05 bits per heavy atom. The number of benzene rings is 7. The highest BCUT2D eigenvalue weighted by molar-refractivity contribution is 7.26. The van der Waals surface area contributed by atoms with Crippen molar-refractivity contribution in [3.63, 3.8) is 0 Å². The maximum atomic E-state index is 5.44. The number of rotatable bonds is 5. The Morgan fingerprint density at radius 2 is 1.24 bits per heavy atom. The van der Waals surface area contributed by atoms with E-state index < -0.39 is 0 Å². The molecule has 55 heavy (non-hydrogen) atoms. The lowest BCUT2D eigenvalue weighted by molar-refractivity contribution is 0.592. The van der Waals surface area contributed by atoms with E-state index in [1.54, 1.807) is 0 Å². The van der Waals surface area contributed by atoms with Crippen LogP contribution >= 0.6 is 11.3 Å². The highest BCUT2D eigenvalue weighted by atomic mass is 32.1. The molecular formula is C50H34N4S. The standard InChI is InChI=1S/C50H34N4S/c1-31-45(32-15-4-2-5-16-32)52-50(40-23-14-22-37-36-19-10-13-26-43(36)55-49(37)40)53-46(31)34-27-29-35(30-28-34)54-42-25-12-9-21-39(42)44-47(33-17-6-3-7-18-33)51-41-24-11-8-20-38(41)48(44)54/h2-31,45H,1H3. The maximum Gasteiger partial charge on any atom is 0.156 e. The van der Waals surface area contributed by atoms with E-state index in [2.05, 4.69) is 187 Å². The number of nitrogens with zero attached hydrogens (tertiary/aromatic N) is 4. The molecule has 0 N–H and O–H groups in total. The van der Waals surface area contributed by atoms with Crippen LogP contribution in [0.5, 0.6) is 0 Å². The molecule has 0 bridgehead atoms. The number of hydrogen-bond acceptors (Lipinski definition) is 4. The van der Waals surface area contributed by atoms with Crippen molar-refractivity contribution >= 4 is 75.8 Å². The SMILES string of the molecule is CC1C(c2ccc(-n3c4ccccc4c4c(-c5ccccc5)nc5ccccc5c43)cc2)=NC(c2cccc3c2sc2ccccc23)=NC1c1ccccc1. The molecule has 4 heterocycles. The fourth-order valence-electron chi connectivity index (χ4n) is 8.57. The van der Waals surface area contributed by atoms with Crippen molar-refractivity contribution in [3.8, 4) is 16.9 Å². The molecule has 11 rings (SSSR count). The predicted octanol–water partition coefficient (Wildman–Crippen LogP) is 13.0. The number of fused-ring (bicyclic) bond motifs is 8. The third kappa shape index (κ3) is 5.08. The van der Waals surface area contributed by atoms with E-state index in [9.17, 15) is 0 Å². The highest BCUT2D eigenvalue weighted by Crippen LogP contribution is 2.42. The van der Waals surface area contributed by atoms with Gasteiger partial charge in [-0.25, -0.2) is 9.98 Å². The predicted molar refractivity (Wildman–Crippen MR) is 232 cm³/mol. The molecule has 260 valence electrons. The Kier molecular flexibility index (Phi) is 7.36. The van der Waals surface area contributed by atoms with Crippen LogP contribution in [0.1, 0.15) is 29.7 Å². The molecule has 2 unspecified atom stereocenters. The molecule has 2 atom stereocenters. The first-order chi connectivity index (χ1) is 27.2. The van der Waals surface area contributed by atoms with E-state index in [0.717, 1.165) is 66.9 Å². The van der Waals surface area contributed by atoms with Gasteiger partial charge < -0.3 is 4.57 Å². The first kappa shape index (κ1) is 31.8. The molecule has 10 aromatic rings. The minimum atomic E-state index is -0.0689. The Hall–Kier alpha value is -6.69. The molecule has 0 fully saturated rings. The molecule has 0 amide bonds. The molecule has 1 aliphatic rings. The topological polar surface area (TPSA) is 42.5 Å². The van der Waals surface area contributed by atoms with Crippen molar-refractivity contribution in [2.75, 3.05) is 0 Å². The van der Waals surface area contributed by atoms with Gasteiger partial charge in [-0.1, -0.05) is 146 Å². The molecule has 0 radical (unpaired) electrons. The zero-order chi connectivity index (χ0) is 36.5. The van der Waals surface area contributed by atoms with Crippen molar-refractivity contribution in [2.24, 2.45) is 15.9 Å². The second kappa shape index (κ2) is 12.7. The van der Waals surface area contributed by atoms with E-state index in [1.807, 2.05) is 11.3 Å². The number of amidine groups is 1. The Labute approximate surface area is 322 Å². The maximum absolute atomic E-state index is 5.44. The summed E-state index contributed by atoms with van der Waals surface area (Å²) in [5.41, 5.74) is 10.9. The molecule has 0 saturated carbocycles. The highest BCUT2D eigenvalue weighted by Gasteiger charge is 2.30. The van der Waals surface area contributed by atoms with E-state index in [-0.39, 0.29) is 12.0 Å². The van der Waals surface area contributed by atoms with Gasteiger partial charge in [-0.2, -0.15) is 0 Å². The van der Waals surface area contributed by atoms with Crippen LogP contribution in [-0.2, 0) is 0 Å². The number of thiophene rings is 1. The molecular weight excluding hydrogens is 689 g/mol. The van der Waals surface area contributed by atoms with Crippen LogP contribution in [0.3, 0.4) is 0 Å². The largest absolute Gasteiger partial charge is 0.308 e. The number of hydrogen-bond donors (Lipinski definition) is 0. The summed E-state index contributed by atoms with van der Waals surface area (Å²) in [6.45, 7) is 2.27. The second-order valence-electron chi connectivity index (χ2n) is 14.3. The summed E-state index contributed by atoms with van der Waals surface area (Å²) < 4.78 is 4.92. The molecule has 5 heteroatoms. The Morgan fingerprint density at radius 1 is 0.564 bits per heavy atom. The summed E-state index contributed by atoms with van der Waals surface area (Å²) in [6.07, 6.45) is 0. The van der Waals surface area contributed by atoms with Gasteiger partial charge in [0.1, 0.15) is 0 Å². The first-order valence-corrected chi connectivity index (χ1v) is 19.6. The third-order valence-corrected chi connectivity index (χ3v) is 12.4. The number of para-hydroxylation sites is 2. The van der Waals surface area contributed by atoms with Crippen LogP contribution in [0.15, 0.2) is 186 Å². The summed E-state index contributed by atoms with van der Waals surface area (Å²) in [5, 5.41) is 6.01. The average Bonchev–Trinajstić information content (AvgIpc) is 3.81. The fraction of sp³-hybridized carbons (Fsp3) is 0.0600. The number of aliphatic imine (C=N–C) groups is 2. The van der Waals surface area contributed by atoms with E-state index >= 15 is 0 Å². The van der Waals surface area contributed by atoms with Gasteiger partial charge in [0.2, 0.25) is 0 Å². The molecule has 3 aromatic heterocycles. The molecule has 7 aromatic carbocycles. The quantitative estimate of drug-likeness (QED) is 0.174. The second-order valence-corrected chi connectivity index (χ2v) is 15.4. The van der Waals surface area contributed by atoms with Crippen LogP contribution in [0, 0.1) is 5.92 Å². The lowest BCUT2D eigenvalue weighted by Crippen LogP contribution is -2.26. The van der Waals surface area contributed by atoms with Gasteiger partial charge >= 0.3 is 0 Å². The van der Waals surface area contributed by atoms with Crippen LogP contribution < -0.4 is 0 Å². The number of pyridine rings is 1. The monoisotopic (exact) mass is 722 g/mol. The molecule has 0 saturated heterocycles. The van der Waals surface area contributed by atoms with Crippen molar-refractivity contribution < 1.29 is 0 Å². The van der Waals surface area contributed by atoms with E-state index in [4.69, 9.17) is 15.0 Å². The van der Waals surface area contributed by atoms with Gasteiger partial charge in [-0.3, -0.25) is 4.99 Å².